The average Bonchev–Trinajstić information content (AvgIpc) is 3.42. The lowest BCUT2D eigenvalue weighted by molar-refractivity contribution is -0.132. The Balaban J connectivity index is 1.87. The highest BCUT2D eigenvalue weighted by Crippen LogP contribution is 2.28. The minimum Gasteiger partial charge on any atom is -0.461 e. The van der Waals surface area contributed by atoms with E-state index in [0.717, 1.165) is 18.5 Å². The molecule has 0 unspecified atom stereocenters. The number of furan rings is 1. The maximum atomic E-state index is 13.0. The minimum absolute atomic E-state index is 0.126. The molecule has 2 atom stereocenters. The van der Waals surface area contributed by atoms with Crippen LogP contribution in [0.1, 0.15) is 40.5 Å². The van der Waals surface area contributed by atoms with Crippen LogP contribution in [0.15, 0.2) is 58.3 Å². The SMILES string of the molecule is CC[C@H](C)N(C(=O)CSc1nnc(-c2ccco2)n1-c1ccccc1)[C@@H](C)CC. The van der Waals surface area contributed by atoms with Crippen LogP contribution >= 0.6 is 11.8 Å². The largest absolute Gasteiger partial charge is 0.461 e. The van der Waals surface area contributed by atoms with Crippen LogP contribution in [-0.2, 0) is 4.79 Å². The molecular formula is C22H28N4O2S. The van der Waals surface area contributed by atoms with Gasteiger partial charge in [0.25, 0.3) is 0 Å². The maximum Gasteiger partial charge on any atom is 0.233 e. The van der Waals surface area contributed by atoms with E-state index in [-0.39, 0.29) is 18.0 Å². The average molecular weight is 413 g/mol. The van der Waals surface area contributed by atoms with Crippen molar-refractivity contribution >= 4 is 17.7 Å². The molecule has 0 aliphatic heterocycles. The summed E-state index contributed by atoms with van der Waals surface area (Å²) in [5.41, 5.74) is 0.930. The van der Waals surface area contributed by atoms with E-state index in [2.05, 4.69) is 37.9 Å². The van der Waals surface area contributed by atoms with E-state index in [1.54, 1.807) is 6.26 Å². The maximum absolute atomic E-state index is 13.0. The van der Waals surface area contributed by atoms with Crippen molar-refractivity contribution in [1.29, 1.82) is 0 Å². The van der Waals surface area contributed by atoms with Gasteiger partial charge >= 0.3 is 0 Å². The Morgan fingerprint density at radius 1 is 1.07 bits per heavy atom. The second-order valence-electron chi connectivity index (χ2n) is 7.06. The van der Waals surface area contributed by atoms with Gasteiger partial charge in [-0.3, -0.25) is 9.36 Å². The number of aromatic nitrogens is 3. The number of amides is 1. The van der Waals surface area contributed by atoms with E-state index in [1.165, 1.54) is 11.8 Å². The van der Waals surface area contributed by atoms with Crippen molar-refractivity contribution in [3.8, 4) is 17.3 Å². The molecule has 6 nitrogen and oxygen atoms in total. The summed E-state index contributed by atoms with van der Waals surface area (Å²) in [6, 6.07) is 14.0. The molecule has 0 spiro atoms. The third kappa shape index (κ3) is 4.72. The normalized spacial score (nSPS) is 13.2. The van der Waals surface area contributed by atoms with Gasteiger partial charge in [0.05, 0.1) is 12.0 Å². The summed E-state index contributed by atoms with van der Waals surface area (Å²) >= 11 is 1.41. The van der Waals surface area contributed by atoms with Crippen molar-refractivity contribution in [3.63, 3.8) is 0 Å². The van der Waals surface area contributed by atoms with Crippen LogP contribution in [-0.4, -0.2) is 43.4 Å². The first-order chi connectivity index (χ1) is 14.1. The summed E-state index contributed by atoms with van der Waals surface area (Å²) in [5, 5.41) is 9.36. The van der Waals surface area contributed by atoms with Gasteiger partial charge in [0.2, 0.25) is 11.7 Å². The molecule has 0 aliphatic rings. The Bertz CT molecular complexity index is 898. The molecule has 3 aromatic rings. The molecule has 1 aromatic carbocycles. The fourth-order valence-electron chi connectivity index (χ4n) is 3.26. The van der Waals surface area contributed by atoms with Crippen LogP contribution in [0.25, 0.3) is 17.3 Å². The van der Waals surface area contributed by atoms with E-state index >= 15 is 0 Å². The smallest absolute Gasteiger partial charge is 0.233 e. The minimum atomic E-state index is 0.126. The van der Waals surface area contributed by atoms with Crippen LogP contribution in [0.5, 0.6) is 0 Å². The Morgan fingerprint density at radius 3 is 2.34 bits per heavy atom. The molecule has 0 bridgehead atoms. The number of hydrogen-bond acceptors (Lipinski definition) is 5. The van der Waals surface area contributed by atoms with Gasteiger partial charge in [-0.05, 0) is 51.0 Å². The Morgan fingerprint density at radius 2 is 1.76 bits per heavy atom. The fourth-order valence-corrected chi connectivity index (χ4v) is 4.08. The summed E-state index contributed by atoms with van der Waals surface area (Å²) in [6.45, 7) is 8.44. The molecule has 0 fully saturated rings. The standard InChI is InChI=1S/C22H28N4O2S/c1-5-16(3)25(17(4)6-2)20(27)15-29-22-24-23-21(19-13-10-14-28-19)26(22)18-11-8-7-9-12-18/h7-14,16-17H,5-6,15H2,1-4H3/t16-,17-/m0/s1. The highest BCUT2D eigenvalue weighted by Gasteiger charge is 2.25. The third-order valence-corrected chi connectivity index (χ3v) is 6.05. The molecule has 0 radical (unpaired) electrons. The number of hydrogen-bond donors (Lipinski definition) is 0. The molecule has 0 aliphatic carbocycles. The summed E-state index contributed by atoms with van der Waals surface area (Å²) in [7, 11) is 0. The molecule has 7 heteroatoms. The zero-order chi connectivity index (χ0) is 20.8. The summed E-state index contributed by atoms with van der Waals surface area (Å²) in [5.74, 6) is 1.70. The number of carbonyl (C=O) groups is 1. The molecule has 2 aromatic heterocycles. The second kappa shape index (κ2) is 9.78. The lowest BCUT2D eigenvalue weighted by Crippen LogP contribution is -2.45. The van der Waals surface area contributed by atoms with Crippen LogP contribution < -0.4 is 0 Å². The van der Waals surface area contributed by atoms with Gasteiger partial charge in [0, 0.05) is 17.8 Å². The Hall–Kier alpha value is -2.54. The molecule has 0 saturated heterocycles. The van der Waals surface area contributed by atoms with Gasteiger partial charge in [-0.15, -0.1) is 10.2 Å². The topological polar surface area (TPSA) is 64.2 Å². The van der Waals surface area contributed by atoms with E-state index < -0.39 is 0 Å². The highest BCUT2D eigenvalue weighted by molar-refractivity contribution is 7.99. The van der Waals surface area contributed by atoms with Gasteiger partial charge in [-0.25, -0.2) is 0 Å². The van der Waals surface area contributed by atoms with Crippen molar-refractivity contribution in [2.45, 2.75) is 57.8 Å². The van der Waals surface area contributed by atoms with E-state index in [0.29, 0.717) is 22.5 Å². The van der Waals surface area contributed by atoms with Crippen LogP contribution in [0.2, 0.25) is 0 Å². The predicted molar refractivity (Wildman–Crippen MR) is 116 cm³/mol. The lowest BCUT2D eigenvalue weighted by Gasteiger charge is -2.34. The molecule has 154 valence electrons. The zero-order valence-corrected chi connectivity index (χ0v) is 18.2. The van der Waals surface area contributed by atoms with Crippen LogP contribution in [0.3, 0.4) is 0 Å². The Labute approximate surface area is 176 Å². The first kappa shape index (κ1) is 21.2. The van der Waals surface area contributed by atoms with Gasteiger partial charge in [-0.1, -0.05) is 43.8 Å². The number of carbonyl (C=O) groups excluding carboxylic acids is 1. The van der Waals surface area contributed by atoms with Crippen molar-refractivity contribution < 1.29 is 9.21 Å². The molecule has 0 N–H and O–H groups in total. The van der Waals surface area contributed by atoms with E-state index in [9.17, 15) is 4.79 Å². The molecule has 29 heavy (non-hydrogen) atoms. The molecular weight excluding hydrogens is 384 g/mol. The first-order valence-electron chi connectivity index (χ1n) is 10.0. The molecule has 1 amide bonds. The van der Waals surface area contributed by atoms with Gasteiger partial charge in [-0.2, -0.15) is 0 Å². The molecule has 0 saturated carbocycles. The Kier molecular flexibility index (Phi) is 7.14. The monoisotopic (exact) mass is 412 g/mol. The number of thioether (sulfide) groups is 1. The fraction of sp³-hybridized carbons (Fsp3) is 0.409. The summed E-state index contributed by atoms with van der Waals surface area (Å²) < 4.78 is 7.48. The van der Waals surface area contributed by atoms with E-state index in [1.807, 2.05) is 51.9 Å². The zero-order valence-electron chi connectivity index (χ0n) is 17.4. The lowest BCUT2D eigenvalue weighted by atomic mass is 10.1. The van der Waals surface area contributed by atoms with Crippen molar-refractivity contribution in [2.24, 2.45) is 0 Å². The summed E-state index contributed by atoms with van der Waals surface area (Å²) in [6.07, 6.45) is 3.49. The van der Waals surface area contributed by atoms with Crippen molar-refractivity contribution in [1.82, 2.24) is 19.7 Å². The number of nitrogens with zero attached hydrogens (tertiary/aromatic N) is 4. The quantitative estimate of drug-likeness (QED) is 0.461. The molecule has 2 heterocycles. The second-order valence-corrected chi connectivity index (χ2v) is 8.00. The van der Waals surface area contributed by atoms with Crippen LogP contribution in [0.4, 0.5) is 0 Å². The summed E-state index contributed by atoms with van der Waals surface area (Å²) in [4.78, 5) is 15.0. The van der Waals surface area contributed by atoms with Crippen LogP contribution in [0, 0.1) is 0 Å². The molecule has 3 rings (SSSR count). The van der Waals surface area contributed by atoms with Gasteiger partial charge in [0.1, 0.15) is 0 Å². The number of para-hydroxylation sites is 1. The number of rotatable bonds is 9. The van der Waals surface area contributed by atoms with Gasteiger partial charge in [0.15, 0.2) is 10.9 Å². The highest BCUT2D eigenvalue weighted by atomic mass is 32.2. The predicted octanol–water partition coefficient (Wildman–Crippen LogP) is 5.05. The van der Waals surface area contributed by atoms with E-state index in [4.69, 9.17) is 4.42 Å². The first-order valence-corrected chi connectivity index (χ1v) is 11.0. The van der Waals surface area contributed by atoms with Crippen molar-refractivity contribution in [2.75, 3.05) is 5.75 Å². The number of benzene rings is 1. The third-order valence-electron chi connectivity index (χ3n) is 5.13. The van der Waals surface area contributed by atoms with Gasteiger partial charge < -0.3 is 9.32 Å². The van der Waals surface area contributed by atoms with Crippen molar-refractivity contribution in [3.05, 3.63) is 48.7 Å².